The highest BCUT2D eigenvalue weighted by Crippen LogP contribution is 2.36. The first-order chi connectivity index (χ1) is 8.65. The van der Waals surface area contributed by atoms with Gasteiger partial charge in [0.1, 0.15) is 0 Å². The highest BCUT2D eigenvalue weighted by Gasteiger charge is 2.31. The zero-order valence-corrected chi connectivity index (χ0v) is 11.5. The first kappa shape index (κ1) is 13.2. The van der Waals surface area contributed by atoms with Crippen LogP contribution in [0.4, 0.5) is 0 Å². The summed E-state index contributed by atoms with van der Waals surface area (Å²) in [6, 6.07) is 0.311. The van der Waals surface area contributed by atoms with Crippen LogP contribution in [0.15, 0.2) is 35.5 Å². The minimum absolute atomic E-state index is 0.311. The molecule has 1 aliphatic carbocycles. The van der Waals surface area contributed by atoms with Crippen LogP contribution in [0.1, 0.15) is 33.1 Å². The molecule has 0 aromatic carbocycles. The molecule has 0 saturated carbocycles. The van der Waals surface area contributed by atoms with E-state index in [0.717, 1.165) is 24.5 Å². The van der Waals surface area contributed by atoms with Gasteiger partial charge in [-0.05, 0) is 38.0 Å². The largest absolute Gasteiger partial charge is 0.309 e. The van der Waals surface area contributed by atoms with Gasteiger partial charge in [0.25, 0.3) is 0 Å². The summed E-state index contributed by atoms with van der Waals surface area (Å²) >= 11 is 0. The normalized spacial score (nSPS) is 31.5. The third-order valence-electron chi connectivity index (χ3n) is 4.30. The van der Waals surface area contributed by atoms with E-state index in [9.17, 15) is 0 Å². The van der Waals surface area contributed by atoms with Crippen molar-refractivity contribution in [2.45, 2.75) is 39.2 Å². The maximum atomic E-state index is 5.43. The summed E-state index contributed by atoms with van der Waals surface area (Å²) in [6.45, 7) is 9.52. The molecule has 1 aliphatic heterocycles. The van der Waals surface area contributed by atoms with Gasteiger partial charge in [0.15, 0.2) is 0 Å². The van der Waals surface area contributed by atoms with Crippen LogP contribution in [-0.2, 0) is 0 Å². The number of hydrogen-bond acceptors (Lipinski definition) is 1. The number of terminal acetylenes is 1. The van der Waals surface area contributed by atoms with E-state index in [1.807, 2.05) is 0 Å². The molecule has 1 N–H and O–H groups in total. The molecule has 3 atom stereocenters. The van der Waals surface area contributed by atoms with Gasteiger partial charge in [-0.2, -0.15) is 0 Å². The van der Waals surface area contributed by atoms with Gasteiger partial charge in [-0.3, -0.25) is 0 Å². The van der Waals surface area contributed by atoms with Gasteiger partial charge >= 0.3 is 0 Å². The van der Waals surface area contributed by atoms with E-state index in [1.54, 1.807) is 5.57 Å². The lowest BCUT2D eigenvalue weighted by Crippen LogP contribution is -2.22. The highest BCUT2D eigenvalue weighted by molar-refractivity contribution is 5.33. The molecule has 0 aromatic heterocycles. The average molecular weight is 241 g/mol. The number of hydrogen-bond donors (Lipinski definition) is 1. The second-order valence-corrected chi connectivity index (χ2v) is 5.55. The summed E-state index contributed by atoms with van der Waals surface area (Å²) in [5.74, 6) is 4.03. The van der Waals surface area contributed by atoms with Crippen molar-refractivity contribution in [3.63, 3.8) is 0 Å². The molecular formula is C17H23N. The molecule has 0 radical (unpaired) electrons. The van der Waals surface area contributed by atoms with Gasteiger partial charge in [0, 0.05) is 18.2 Å². The van der Waals surface area contributed by atoms with Crippen molar-refractivity contribution in [2.24, 2.45) is 11.8 Å². The van der Waals surface area contributed by atoms with Crippen molar-refractivity contribution in [1.29, 1.82) is 0 Å². The van der Waals surface area contributed by atoms with E-state index in [4.69, 9.17) is 6.42 Å². The summed E-state index contributed by atoms with van der Waals surface area (Å²) in [6.07, 6.45) is 13.6. The van der Waals surface area contributed by atoms with Gasteiger partial charge in [-0.15, -0.1) is 6.42 Å². The van der Waals surface area contributed by atoms with Crippen molar-refractivity contribution >= 4 is 0 Å². The molecule has 0 bridgehead atoms. The van der Waals surface area contributed by atoms with Crippen LogP contribution in [-0.4, -0.2) is 12.6 Å². The number of allylic oxidation sites excluding steroid dienone is 3. The van der Waals surface area contributed by atoms with Gasteiger partial charge in [-0.1, -0.05) is 42.7 Å². The van der Waals surface area contributed by atoms with Crippen molar-refractivity contribution in [1.82, 2.24) is 5.32 Å². The first-order valence-electron chi connectivity index (χ1n) is 6.91. The summed E-state index contributed by atoms with van der Waals surface area (Å²) < 4.78 is 0. The average Bonchev–Trinajstić information content (AvgIpc) is 2.87. The van der Waals surface area contributed by atoms with Crippen LogP contribution in [0.5, 0.6) is 0 Å². The number of rotatable bonds is 3. The molecule has 2 aliphatic rings. The monoisotopic (exact) mass is 241 g/mol. The Bertz CT molecular complexity index is 433. The Morgan fingerprint density at radius 2 is 2.33 bits per heavy atom. The van der Waals surface area contributed by atoms with E-state index in [0.29, 0.717) is 12.0 Å². The maximum Gasteiger partial charge on any atom is 0.0400 e. The van der Waals surface area contributed by atoms with Gasteiger partial charge in [-0.25, -0.2) is 0 Å². The van der Waals surface area contributed by atoms with E-state index in [1.165, 1.54) is 18.4 Å². The molecule has 1 fully saturated rings. The van der Waals surface area contributed by atoms with Gasteiger partial charge < -0.3 is 5.32 Å². The Labute approximate surface area is 111 Å². The third-order valence-corrected chi connectivity index (χ3v) is 4.30. The lowest BCUT2D eigenvalue weighted by molar-refractivity contribution is 0.493. The molecule has 2 rings (SSSR count). The second-order valence-electron chi connectivity index (χ2n) is 5.55. The highest BCUT2D eigenvalue weighted by atomic mass is 14.9. The van der Waals surface area contributed by atoms with E-state index < -0.39 is 0 Å². The minimum atomic E-state index is 0.311. The fraction of sp³-hybridized carbons (Fsp3) is 0.529. The van der Waals surface area contributed by atoms with Crippen LogP contribution in [0.25, 0.3) is 0 Å². The smallest absolute Gasteiger partial charge is 0.0400 e. The van der Waals surface area contributed by atoms with E-state index >= 15 is 0 Å². The summed E-state index contributed by atoms with van der Waals surface area (Å²) in [5.41, 5.74) is 4.01. The molecular weight excluding hydrogens is 218 g/mol. The van der Waals surface area contributed by atoms with Crippen LogP contribution < -0.4 is 5.32 Å². The Morgan fingerprint density at radius 1 is 1.56 bits per heavy atom. The van der Waals surface area contributed by atoms with E-state index in [-0.39, 0.29) is 0 Å². The van der Waals surface area contributed by atoms with Crippen LogP contribution >= 0.6 is 0 Å². The van der Waals surface area contributed by atoms with Crippen LogP contribution in [0, 0.1) is 24.2 Å². The Hall–Kier alpha value is -1.26. The second kappa shape index (κ2) is 5.59. The maximum absolute atomic E-state index is 5.43. The third kappa shape index (κ3) is 2.60. The zero-order valence-electron chi connectivity index (χ0n) is 11.5. The predicted octanol–water partition coefficient (Wildman–Crippen LogP) is 3.46. The van der Waals surface area contributed by atoms with Gasteiger partial charge in [0.2, 0.25) is 0 Å². The topological polar surface area (TPSA) is 12.0 Å². The Morgan fingerprint density at radius 3 is 3.00 bits per heavy atom. The molecule has 1 heterocycles. The lowest BCUT2D eigenvalue weighted by Gasteiger charge is -2.27. The molecule has 0 spiro atoms. The van der Waals surface area contributed by atoms with E-state index in [2.05, 4.69) is 43.8 Å². The summed E-state index contributed by atoms with van der Waals surface area (Å²) in [7, 11) is 0. The lowest BCUT2D eigenvalue weighted by atomic mass is 9.78. The summed E-state index contributed by atoms with van der Waals surface area (Å²) in [5, 5.41) is 3.51. The SMILES string of the molecule is C#CC(=C)C1CC(C2=CC=C(C)CC2CC)CN1. The molecule has 0 aromatic rings. The van der Waals surface area contributed by atoms with Crippen molar-refractivity contribution in [3.8, 4) is 12.3 Å². The number of nitrogens with one attached hydrogen (secondary N) is 1. The fourth-order valence-electron chi connectivity index (χ4n) is 3.15. The fourth-order valence-corrected chi connectivity index (χ4v) is 3.15. The van der Waals surface area contributed by atoms with Crippen molar-refractivity contribution < 1.29 is 0 Å². The van der Waals surface area contributed by atoms with Crippen LogP contribution in [0.3, 0.4) is 0 Å². The zero-order chi connectivity index (χ0) is 13.1. The molecule has 1 nitrogen and oxygen atoms in total. The molecule has 3 unspecified atom stereocenters. The Balaban J connectivity index is 2.09. The molecule has 96 valence electrons. The molecule has 0 amide bonds. The quantitative estimate of drug-likeness (QED) is 0.746. The minimum Gasteiger partial charge on any atom is -0.309 e. The standard InChI is InChI=1S/C17H23N/c1-5-13(4)17-10-15(11-18-17)16-8-7-12(3)9-14(16)6-2/h1,7-8,14-15,17-18H,4,6,9-11H2,2-3H3. The molecule has 1 saturated heterocycles. The van der Waals surface area contributed by atoms with Crippen molar-refractivity contribution in [2.75, 3.05) is 6.54 Å². The Kier molecular flexibility index (Phi) is 4.09. The predicted molar refractivity (Wildman–Crippen MR) is 78.1 cm³/mol. The molecule has 1 heteroatoms. The van der Waals surface area contributed by atoms with Crippen molar-refractivity contribution in [3.05, 3.63) is 35.5 Å². The van der Waals surface area contributed by atoms with Gasteiger partial charge in [0.05, 0.1) is 0 Å². The van der Waals surface area contributed by atoms with Crippen LogP contribution in [0.2, 0.25) is 0 Å². The molecule has 18 heavy (non-hydrogen) atoms. The summed E-state index contributed by atoms with van der Waals surface area (Å²) in [4.78, 5) is 0. The first-order valence-corrected chi connectivity index (χ1v) is 6.91.